The molecule has 1 N–H and O–H groups in total. The molecule has 3 aromatic carbocycles. The van der Waals surface area contributed by atoms with Crippen molar-refractivity contribution in [3.05, 3.63) is 94.0 Å². The third kappa shape index (κ3) is 4.17. The molecule has 1 unspecified atom stereocenters. The maximum atomic E-state index is 11.0. The molecule has 0 aliphatic heterocycles. The van der Waals surface area contributed by atoms with Crippen LogP contribution < -0.4 is 14.8 Å². The molecule has 3 aromatic rings. The van der Waals surface area contributed by atoms with Crippen LogP contribution in [0.2, 0.25) is 0 Å². The lowest BCUT2D eigenvalue weighted by Gasteiger charge is -2.23. The number of benzene rings is 3. The number of methoxy groups -OCH3 is 2. The average Bonchev–Trinajstić information content (AvgIpc) is 2.72. The Morgan fingerprint density at radius 1 is 0.889 bits per heavy atom. The molecule has 0 aromatic heterocycles. The number of nitrogens with one attached hydrogen (secondary N) is 1. The summed E-state index contributed by atoms with van der Waals surface area (Å²) in [4.78, 5) is 10.6. The van der Waals surface area contributed by atoms with Crippen LogP contribution in [0.1, 0.15) is 17.2 Å². The third-order valence-electron chi connectivity index (χ3n) is 4.29. The number of hydrogen-bond acceptors (Lipinski definition) is 5. The van der Waals surface area contributed by atoms with Gasteiger partial charge in [0.15, 0.2) is 0 Å². The molecule has 0 radical (unpaired) electrons. The Labute approximate surface area is 157 Å². The minimum Gasteiger partial charge on any atom is -0.497 e. The van der Waals surface area contributed by atoms with Gasteiger partial charge in [0.05, 0.1) is 25.2 Å². The topological polar surface area (TPSA) is 73.6 Å². The van der Waals surface area contributed by atoms with Crippen LogP contribution in [0, 0.1) is 10.1 Å². The van der Waals surface area contributed by atoms with E-state index in [0.717, 1.165) is 28.3 Å². The van der Waals surface area contributed by atoms with Crippen LogP contribution in [-0.4, -0.2) is 19.1 Å². The molecule has 0 fully saturated rings. The van der Waals surface area contributed by atoms with E-state index < -0.39 is 4.92 Å². The number of para-hydroxylation sites is 1. The van der Waals surface area contributed by atoms with Crippen LogP contribution in [0.3, 0.4) is 0 Å². The maximum Gasteiger partial charge on any atom is 0.269 e. The van der Waals surface area contributed by atoms with Crippen molar-refractivity contribution in [2.75, 3.05) is 19.5 Å². The van der Waals surface area contributed by atoms with E-state index in [1.807, 2.05) is 48.5 Å². The number of hydrogen-bond donors (Lipinski definition) is 1. The minimum atomic E-state index is -0.404. The van der Waals surface area contributed by atoms with Crippen molar-refractivity contribution in [1.29, 1.82) is 0 Å². The van der Waals surface area contributed by atoms with Gasteiger partial charge in [0.25, 0.3) is 5.69 Å². The molecule has 138 valence electrons. The van der Waals surface area contributed by atoms with Gasteiger partial charge in [-0.15, -0.1) is 0 Å². The fourth-order valence-corrected chi connectivity index (χ4v) is 2.89. The van der Waals surface area contributed by atoms with Gasteiger partial charge >= 0.3 is 0 Å². The van der Waals surface area contributed by atoms with E-state index in [4.69, 9.17) is 9.47 Å². The predicted molar refractivity (Wildman–Crippen MR) is 105 cm³/mol. The van der Waals surface area contributed by atoms with E-state index in [2.05, 4.69) is 5.32 Å². The predicted octanol–water partition coefficient (Wildman–Crippen LogP) is 4.81. The Bertz CT molecular complexity index is 908. The summed E-state index contributed by atoms with van der Waals surface area (Å²) >= 11 is 0. The molecule has 3 rings (SSSR count). The molecule has 0 amide bonds. The molecule has 0 aliphatic rings. The largest absolute Gasteiger partial charge is 0.497 e. The van der Waals surface area contributed by atoms with Gasteiger partial charge in [0.1, 0.15) is 11.5 Å². The van der Waals surface area contributed by atoms with E-state index in [1.54, 1.807) is 26.4 Å². The van der Waals surface area contributed by atoms with Crippen molar-refractivity contribution in [1.82, 2.24) is 0 Å². The molecular formula is C21H20N2O4. The van der Waals surface area contributed by atoms with Crippen molar-refractivity contribution < 1.29 is 14.4 Å². The Balaban J connectivity index is 2.01. The van der Waals surface area contributed by atoms with Crippen LogP contribution in [0.4, 0.5) is 11.4 Å². The minimum absolute atomic E-state index is 0.0574. The quantitative estimate of drug-likeness (QED) is 0.481. The van der Waals surface area contributed by atoms with Crippen LogP contribution in [0.5, 0.6) is 11.5 Å². The molecular weight excluding hydrogens is 344 g/mol. The van der Waals surface area contributed by atoms with Crippen LogP contribution in [0.25, 0.3) is 0 Å². The van der Waals surface area contributed by atoms with Gasteiger partial charge in [0, 0.05) is 23.4 Å². The van der Waals surface area contributed by atoms with Crippen LogP contribution in [-0.2, 0) is 0 Å². The molecule has 6 nitrogen and oxygen atoms in total. The molecule has 0 spiro atoms. The van der Waals surface area contributed by atoms with E-state index in [9.17, 15) is 10.1 Å². The number of non-ortho nitro benzene ring substituents is 1. The summed E-state index contributed by atoms with van der Waals surface area (Å²) < 4.78 is 10.7. The highest BCUT2D eigenvalue weighted by Crippen LogP contribution is 2.34. The first-order valence-corrected chi connectivity index (χ1v) is 8.40. The summed E-state index contributed by atoms with van der Waals surface area (Å²) in [6.07, 6.45) is 0. The lowest BCUT2D eigenvalue weighted by molar-refractivity contribution is -0.384. The highest BCUT2D eigenvalue weighted by Gasteiger charge is 2.19. The molecule has 6 heteroatoms. The van der Waals surface area contributed by atoms with Crippen molar-refractivity contribution >= 4 is 11.4 Å². The standard InChI is InChI=1S/C21H20N2O4/c1-26-18-13-9-16(10-14-18)22-21(19-5-3-4-6-20(19)27-2)15-7-11-17(12-8-15)23(24)25/h3-14,21-22H,1-2H3. The summed E-state index contributed by atoms with van der Waals surface area (Å²) in [6, 6.07) is 21.6. The first-order valence-electron chi connectivity index (χ1n) is 8.40. The summed E-state index contributed by atoms with van der Waals surface area (Å²) in [5.41, 5.74) is 2.78. The second-order valence-electron chi connectivity index (χ2n) is 5.90. The Morgan fingerprint density at radius 3 is 2.15 bits per heavy atom. The Hall–Kier alpha value is -3.54. The number of nitro groups is 1. The number of nitro benzene ring substituents is 1. The maximum absolute atomic E-state index is 11.0. The summed E-state index contributed by atoms with van der Waals surface area (Å²) in [5.74, 6) is 1.51. The third-order valence-corrected chi connectivity index (χ3v) is 4.29. The highest BCUT2D eigenvalue weighted by molar-refractivity contribution is 5.54. The van der Waals surface area contributed by atoms with Gasteiger partial charge in [-0.05, 0) is 48.0 Å². The zero-order chi connectivity index (χ0) is 19.2. The lowest BCUT2D eigenvalue weighted by Crippen LogP contribution is -2.13. The van der Waals surface area contributed by atoms with Gasteiger partial charge in [0.2, 0.25) is 0 Å². The van der Waals surface area contributed by atoms with Gasteiger partial charge in [-0.1, -0.05) is 18.2 Å². The van der Waals surface area contributed by atoms with Crippen molar-refractivity contribution in [3.63, 3.8) is 0 Å². The fraction of sp³-hybridized carbons (Fsp3) is 0.143. The fourth-order valence-electron chi connectivity index (χ4n) is 2.89. The Kier molecular flexibility index (Phi) is 5.56. The van der Waals surface area contributed by atoms with Crippen LogP contribution >= 0.6 is 0 Å². The smallest absolute Gasteiger partial charge is 0.269 e. The molecule has 0 saturated carbocycles. The summed E-state index contributed by atoms with van der Waals surface area (Å²) in [5, 5.41) is 14.4. The number of rotatable bonds is 7. The van der Waals surface area contributed by atoms with Crippen LogP contribution in [0.15, 0.2) is 72.8 Å². The van der Waals surface area contributed by atoms with Gasteiger partial charge < -0.3 is 14.8 Å². The first-order chi connectivity index (χ1) is 13.1. The normalized spacial score (nSPS) is 11.5. The molecule has 0 bridgehead atoms. The first kappa shape index (κ1) is 18.3. The molecule has 0 saturated heterocycles. The monoisotopic (exact) mass is 364 g/mol. The number of anilines is 1. The average molecular weight is 364 g/mol. The zero-order valence-electron chi connectivity index (χ0n) is 15.1. The lowest BCUT2D eigenvalue weighted by atomic mass is 9.97. The van der Waals surface area contributed by atoms with Gasteiger partial charge in [-0.2, -0.15) is 0 Å². The Morgan fingerprint density at radius 2 is 1.56 bits per heavy atom. The second-order valence-corrected chi connectivity index (χ2v) is 5.90. The highest BCUT2D eigenvalue weighted by atomic mass is 16.6. The van der Waals surface area contributed by atoms with Crippen molar-refractivity contribution in [2.45, 2.75) is 6.04 Å². The van der Waals surface area contributed by atoms with E-state index in [1.165, 1.54) is 12.1 Å². The second kappa shape index (κ2) is 8.23. The van der Waals surface area contributed by atoms with E-state index >= 15 is 0 Å². The number of ether oxygens (including phenoxy) is 2. The van der Waals surface area contributed by atoms with Gasteiger partial charge in [-0.25, -0.2) is 0 Å². The van der Waals surface area contributed by atoms with E-state index in [-0.39, 0.29) is 11.7 Å². The van der Waals surface area contributed by atoms with E-state index in [0.29, 0.717) is 0 Å². The molecule has 27 heavy (non-hydrogen) atoms. The van der Waals surface area contributed by atoms with Crippen molar-refractivity contribution in [2.24, 2.45) is 0 Å². The molecule has 0 heterocycles. The van der Waals surface area contributed by atoms with Gasteiger partial charge in [-0.3, -0.25) is 10.1 Å². The number of nitrogens with zero attached hydrogens (tertiary/aromatic N) is 1. The molecule has 1 atom stereocenters. The zero-order valence-corrected chi connectivity index (χ0v) is 15.1. The SMILES string of the molecule is COc1ccc(NC(c2ccc([N+](=O)[O-])cc2)c2ccccc2OC)cc1. The van der Waals surface area contributed by atoms with Crippen molar-refractivity contribution in [3.8, 4) is 11.5 Å². The summed E-state index contributed by atoms with van der Waals surface area (Å²) in [7, 11) is 3.25. The molecule has 0 aliphatic carbocycles. The summed E-state index contributed by atoms with van der Waals surface area (Å²) in [6.45, 7) is 0.